The van der Waals surface area contributed by atoms with Crippen LogP contribution in [0.1, 0.15) is 25.7 Å². The number of thioether (sulfide) groups is 1. The van der Waals surface area contributed by atoms with Crippen molar-refractivity contribution in [2.45, 2.75) is 48.8 Å². The van der Waals surface area contributed by atoms with Gasteiger partial charge in [0, 0.05) is 23.1 Å². The normalized spacial score (nSPS) is 27.9. The van der Waals surface area contributed by atoms with E-state index in [1.807, 2.05) is 18.2 Å². The summed E-state index contributed by atoms with van der Waals surface area (Å²) in [5.41, 5.74) is 0. The van der Waals surface area contributed by atoms with Crippen molar-refractivity contribution in [3.63, 3.8) is 0 Å². The van der Waals surface area contributed by atoms with Gasteiger partial charge < -0.3 is 14.8 Å². The Labute approximate surface area is 135 Å². The van der Waals surface area contributed by atoms with Crippen LogP contribution in [0.4, 0.5) is 0 Å². The van der Waals surface area contributed by atoms with Crippen molar-refractivity contribution in [2.24, 2.45) is 0 Å². The lowest BCUT2D eigenvalue weighted by Crippen LogP contribution is -2.49. The number of carbonyl (C=O) groups excluding carboxylic acids is 1. The minimum absolute atomic E-state index is 0.142. The Bertz CT molecular complexity index is 482. The smallest absolute Gasteiger partial charge is 0.221 e. The van der Waals surface area contributed by atoms with Crippen LogP contribution >= 0.6 is 11.8 Å². The Kier molecular flexibility index (Phi) is 5.76. The molecule has 2 aliphatic rings. The van der Waals surface area contributed by atoms with Gasteiger partial charge in [-0.3, -0.25) is 4.79 Å². The average molecular weight is 321 g/mol. The van der Waals surface area contributed by atoms with E-state index in [0.717, 1.165) is 25.0 Å². The first kappa shape index (κ1) is 15.8. The number of carbonyl (C=O) groups is 1. The number of fused-ring (bicyclic) bond motifs is 1. The average Bonchev–Trinajstić information content (AvgIpc) is 2.56. The van der Waals surface area contributed by atoms with Gasteiger partial charge in [-0.1, -0.05) is 18.2 Å². The van der Waals surface area contributed by atoms with Crippen LogP contribution in [0.25, 0.3) is 0 Å². The van der Waals surface area contributed by atoms with Crippen LogP contribution in [0.15, 0.2) is 35.2 Å². The van der Waals surface area contributed by atoms with Gasteiger partial charge in [-0.05, 0) is 31.4 Å². The van der Waals surface area contributed by atoms with Crippen molar-refractivity contribution in [3.05, 3.63) is 30.3 Å². The number of hydrogen-bond donors (Lipinski definition) is 1. The lowest BCUT2D eigenvalue weighted by atomic mass is 9.89. The predicted octanol–water partition coefficient (Wildman–Crippen LogP) is 2.62. The van der Waals surface area contributed by atoms with Crippen LogP contribution in [-0.2, 0) is 14.3 Å². The number of rotatable bonds is 5. The zero-order valence-corrected chi connectivity index (χ0v) is 13.5. The van der Waals surface area contributed by atoms with E-state index in [1.54, 1.807) is 11.8 Å². The second-order valence-corrected chi connectivity index (χ2v) is 6.98. The summed E-state index contributed by atoms with van der Waals surface area (Å²) in [4.78, 5) is 13.3. The topological polar surface area (TPSA) is 47.6 Å². The number of amides is 1. The first-order chi connectivity index (χ1) is 10.8. The molecule has 1 saturated heterocycles. The second-order valence-electron chi connectivity index (χ2n) is 5.81. The van der Waals surface area contributed by atoms with Crippen molar-refractivity contribution >= 4 is 17.7 Å². The van der Waals surface area contributed by atoms with E-state index in [1.165, 1.54) is 4.90 Å². The highest BCUT2D eigenvalue weighted by atomic mass is 32.2. The number of hydrogen-bond acceptors (Lipinski definition) is 4. The largest absolute Gasteiger partial charge is 0.373 e. The molecular formula is C17H23NO3S. The number of ether oxygens (including phenoxy) is 2. The third-order valence-electron chi connectivity index (χ3n) is 4.18. The Hall–Kier alpha value is -1.04. The summed E-state index contributed by atoms with van der Waals surface area (Å²) < 4.78 is 11.5. The molecule has 3 rings (SSSR count). The molecule has 4 nitrogen and oxygen atoms in total. The summed E-state index contributed by atoms with van der Waals surface area (Å²) in [6, 6.07) is 10.4. The van der Waals surface area contributed by atoms with Crippen molar-refractivity contribution < 1.29 is 14.3 Å². The fourth-order valence-corrected chi connectivity index (χ4v) is 3.95. The van der Waals surface area contributed by atoms with Gasteiger partial charge >= 0.3 is 0 Å². The fourth-order valence-electron chi connectivity index (χ4n) is 3.08. The van der Waals surface area contributed by atoms with Crippen molar-refractivity contribution in [1.82, 2.24) is 5.32 Å². The molecule has 1 N–H and O–H groups in total. The SMILES string of the molecule is O=C(CCSc1ccccc1)N[C@@H]1CC[C@@H]2OCCO[C@@H]2C1. The van der Waals surface area contributed by atoms with E-state index in [0.29, 0.717) is 19.6 Å². The van der Waals surface area contributed by atoms with Gasteiger partial charge in [0.1, 0.15) is 0 Å². The van der Waals surface area contributed by atoms with E-state index in [9.17, 15) is 4.79 Å². The van der Waals surface area contributed by atoms with Crippen molar-refractivity contribution in [2.75, 3.05) is 19.0 Å². The summed E-state index contributed by atoms with van der Waals surface area (Å²) >= 11 is 1.72. The van der Waals surface area contributed by atoms with E-state index in [2.05, 4.69) is 17.4 Å². The van der Waals surface area contributed by atoms with Gasteiger partial charge in [0.25, 0.3) is 0 Å². The lowest BCUT2D eigenvalue weighted by Gasteiger charge is -2.39. The standard InChI is InChI=1S/C17H23NO3S/c19-17(8-11-22-14-4-2-1-3-5-14)18-13-6-7-15-16(12-13)21-10-9-20-15/h1-5,13,15-16H,6-12H2,(H,18,19)/t13-,15+,16-/m1/s1. The highest BCUT2D eigenvalue weighted by molar-refractivity contribution is 7.99. The van der Waals surface area contributed by atoms with Crippen LogP contribution in [0.3, 0.4) is 0 Å². The molecule has 1 aliphatic carbocycles. The zero-order valence-electron chi connectivity index (χ0n) is 12.7. The van der Waals surface area contributed by atoms with Crippen molar-refractivity contribution in [3.8, 4) is 0 Å². The summed E-state index contributed by atoms with van der Waals surface area (Å²) in [5, 5.41) is 3.15. The molecule has 1 saturated carbocycles. The molecule has 1 aromatic carbocycles. The molecule has 1 heterocycles. The molecule has 120 valence electrons. The minimum Gasteiger partial charge on any atom is -0.373 e. The highest BCUT2D eigenvalue weighted by Gasteiger charge is 2.34. The molecule has 0 spiro atoms. The molecule has 22 heavy (non-hydrogen) atoms. The maximum atomic E-state index is 12.1. The van der Waals surface area contributed by atoms with Gasteiger partial charge in [0.05, 0.1) is 25.4 Å². The van der Waals surface area contributed by atoms with E-state index in [4.69, 9.17) is 9.47 Å². The molecule has 1 aliphatic heterocycles. The van der Waals surface area contributed by atoms with Crippen LogP contribution in [0.2, 0.25) is 0 Å². The van der Waals surface area contributed by atoms with Crippen LogP contribution in [-0.4, -0.2) is 43.1 Å². The lowest BCUT2D eigenvalue weighted by molar-refractivity contribution is -0.158. The summed E-state index contributed by atoms with van der Waals surface area (Å²) in [6.07, 6.45) is 3.79. The summed E-state index contributed by atoms with van der Waals surface area (Å²) in [7, 11) is 0. The monoisotopic (exact) mass is 321 g/mol. The van der Waals surface area contributed by atoms with Crippen molar-refractivity contribution in [1.29, 1.82) is 0 Å². The van der Waals surface area contributed by atoms with Gasteiger partial charge in [-0.15, -0.1) is 11.8 Å². The van der Waals surface area contributed by atoms with E-state index >= 15 is 0 Å². The molecule has 0 bridgehead atoms. The number of benzene rings is 1. The van der Waals surface area contributed by atoms with Gasteiger partial charge in [0.2, 0.25) is 5.91 Å². The summed E-state index contributed by atoms with van der Waals surface area (Å²) in [5.74, 6) is 0.956. The first-order valence-electron chi connectivity index (χ1n) is 8.01. The Morgan fingerprint density at radius 1 is 1.14 bits per heavy atom. The molecule has 3 atom stereocenters. The Morgan fingerprint density at radius 3 is 2.73 bits per heavy atom. The first-order valence-corrected chi connectivity index (χ1v) is 9.00. The summed E-state index contributed by atoms with van der Waals surface area (Å²) in [6.45, 7) is 1.38. The fraction of sp³-hybridized carbons (Fsp3) is 0.588. The molecule has 1 aromatic rings. The molecule has 0 radical (unpaired) electrons. The molecule has 5 heteroatoms. The predicted molar refractivity (Wildman–Crippen MR) is 87.0 cm³/mol. The van der Waals surface area contributed by atoms with Gasteiger partial charge in [-0.25, -0.2) is 0 Å². The molecule has 0 unspecified atom stereocenters. The van der Waals surface area contributed by atoms with Crippen LogP contribution < -0.4 is 5.32 Å². The number of nitrogens with one attached hydrogen (secondary N) is 1. The quantitative estimate of drug-likeness (QED) is 0.847. The zero-order chi connectivity index (χ0) is 15.2. The molecular weight excluding hydrogens is 298 g/mol. The van der Waals surface area contributed by atoms with E-state index < -0.39 is 0 Å². The van der Waals surface area contributed by atoms with E-state index in [-0.39, 0.29) is 24.2 Å². The molecule has 1 amide bonds. The van der Waals surface area contributed by atoms with Crippen LogP contribution in [0.5, 0.6) is 0 Å². The highest BCUT2D eigenvalue weighted by Crippen LogP contribution is 2.27. The van der Waals surface area contributed by atoms with Crippen LogP contribution in [0, 0.1) is 0 Å². The maximum absolute atomic E-state index is 12.1. The third kappa shape index (κ3) is 4.48. The van der Waals surface area contributed by atoms with Gasteiger partial charge in [-0.2, -0.15) is 0 Å². The second kappa shape index (κ2) is 7.99. The Balaban J connectivity index is 1.37. The minimum atomic E-state index is 0.142. The maximum Gasteiger partial charge on any atom is 0.221 e. The Morgan fingerprint density at radius 2 is 1.91 bits per heavy atom. The molecule has 0 aromatic heterocycles. The van der Waals surface area contributed by atoms with Gasteiger partial charge in [0.15, 0.2) is 0 Å². The molecule has 2 fully saturated rings. The third-order valence-corrected chi connectivity index (χ3v) is 5.20.